The first-order valence-electron chi connectivity index (χ1n) is 3.59. The van der Waals surface area contributed by atoms with Crippen LogP contribution in [0.4, 0.5) is 0 Å². The maximum absolute atomic E-state index is 11.3. The van der Waals surface area contributed by atoms with Crippen LogP contribution in [-0.4, -0.2) is 18.9 Å². The molecular formula is C7H13NO2S. The summed E-state index contributed by atoms with van der Waals surface area (Å²) in [5.74, 6) is 0. The fourth-order valence-electron chi connectivity index (χ4n) is 0.654. The van der Waals surface area contributed by atoms with E-state index in [-0.39, 0.29) is 0 Å². The Kier molecular flexibility index (Phi) is 3.53. The van der Waals surface area contributed by atoms with Crippen molar-refractivity contribution < 1.29 is 8.42 Å². The van der Waals surface area contributed by atoms with Gasteiger partial charge >= 0.3 is 0 Å². The van der Waals surface area contributed by atoms with Gasteiger partial charge in [-0.3, -0.25) is 0 Å². The third kappa shape index (κ3) is 2.19. The van der Waals surface area contributed by atoms with Gasteiger partial charge in [0.25, 0.3) is 0 Å². The molecule has 0 aromatic heterocycles. The molecule has 0 aliphatic rings. The Morgan fingerprint density at radius 2 is 1.91 bits per heavy atom. The Morgan fingerprint density at radius 3 is 2.18 bits per heavy atom. The third-order valence-electron chi connectivity index (χ3n) is 1.81. The molecule has 0 aliphatic heterocycles. The Bertz CT molecular complexity index is 250. The van der Waals surface area contributed by atoms with Gasteiger partial charge in [0.1, 0.15) is 5.25 Å². The van der Waals surface area contributed by atoms with Gasteiger partial charge in [0.05, 0.1) is 11.3 Å². The molecule has 0 fully saturated rings. The van der Waals surface area contributed by atoms with Gasteiger partial charge in [-0.05, 0) is 20.3 Å². The second-order valence-corrected chi connectivity index (χ2v) is 5.27. The molecular weight excluding hydrogens is 162 g/mol. The second-order valence-electron chi connectivity index (χ2n) is 2.58. The van der Waals surface area contributed by atoms with Crippen LogP contribution in [0.1, 0.15) is 27.2 Å². The molecule has 0 rings (SSSR count). The molecule has 0 heterocycles. The quantitative estimate of drug-likeness (QED) is 0.645. The topological polar surface area (TPSA) is 57.9 Å². The van der Waals surface area contributed by atoms with E-state index in [0.717, 1.165) is 0 Å². The van der Waals surface area contributed by atoms with Crippen LogP contribution in [0.3, 0.4) is 0 Å². The van der Waals surface area contributed by atoms with Gasteiger partial charge in [-0.25, -0.2) is 8.42 Å². The van der Waals surface area contributed by atoms with Crippen LogP contribution in [0.5, 0.6) is 0 Å². The van der Waals surface area contributed by atoms with Crippen molar-refractivity contribution in [1.29, 1.82) is 5.26 Å². The summed E-state index contributed by atoms with van der Waals surface area (Å²) in [4.78, 5) is 0. The first kappa shape index (κ1) is 10.4. The van der Waals surface area contributed by atoms with E-state index in [4.69, 9.17) is 5.26 Å². The summed E-state index contributed by atoms with van der Waals surface area (Å²) in [6, 6.07) is 1.73. The minimum absolute atomic E-state index is 0.405. The number of hydrogen-bond acceptors (Lipinski definition) is 3. The van der Waals surface area contributed by atoms with Crippen molar-refractivity contribution in [3.8, 4) is 6.07 Å². The van der Waals surface area contributed by atoms with Gasteiger partial charge < -0.3 is 0 Å². The standard InChI is InChI=1S/C7H13NO2S/c1-4-6(2)11(9,10)7(3)5-8/h6-7H,4H2,1-3H3. The molecule has 0 radical (unpaired) electrons. The van der Waals surface area contributed by atoms with Gasteiger partial charge in [-0.1, -0.05) is 6.92 Å². The Hall–Kier alpha value is -0.560. The molecule has 0 aromatic rings. The molecule has 2 unspecified atom stereocenters. The number of sulfone groups is 1. The van der Waals surface area contributed by atoms with Gasteiger partial charge in [0, 0.05) is 0 Å². The van der Waals surface area contributed by atoms with Crippen LogP contribution in [0.15, 0.2) is 0 Å². The van der Waals surface area contributed by atoms with Crippen LogP contribution in [0.25, 0.3) is 0 Å². The maximum Gasteiger partial charge on any atom is 0.168 e. The lowest BCUT2D eigenvalue weighted by molar-refractivity contribution is 0.576. The van der Waals surface area contributed by atoms with Crippen molar-refractivity contribution in [3.63, 3.8) is 0 Å². The first-order chi connectivity index (χ1) is 4.96. The van der Waals surface area contributed by atoms with Crippen LogP contribution < -0.4 is 0 Å². The molecule has 11 heavy (non-hydrogen) atoms. The van der Waals surface area contributed by atoms with Crippen molar-refractivity contribution in [2.24, 2.45) is 0 Å². The molecule has 3 nitrogen and oxygen atoms in total. The summed E-state index contributed by atoms with van der Waals surface area (Å²) in [7, 11) is -3.20. The zero-order valence-electron chi connectivity index (χ0n) is 7.03. The normalized spacial score (nSPS) is 16.9. The summed E-state index contributed by atoms with van der Waals surface area (Å²) < 4.78 is 22.5. The van der Waals surface area contributed by atoms with Crippen molar-refractivity contribution in [1.82, 2.24) is 0 Å². The number of rotatable bonds is 3. The van der Waals surface area contributed by atoms with E-state index < -0.39 is 20.3 Å². The van der Waals surface area contributed by atoms with Crippen LogP contribution >= 0.6 is 0 Å². The fraction of sp³-hybridized carbons (Fsp3) is 0.857. The van der Waals surface area contributed by atoms with Crippen molar-refractivity contribution in [2.45, 2.75) is 37.7 Å². The third-order valence-corrected chi connectivity index (χ3v) is 4.36. The van der Waals surface area contributed by atoms with E-state index in [1.807, 2.05) is 0 Å². The lowest BCUT2D eigenvalue weighted by Gasteiger charge is -2.10. The van der Waals surface area contributed by atoms with Crippen molar-refractivity contribution >= 4 is 9.84 Å². The van der Waals surface area contributed by atoms with Crippen LogP contribution in [0, 0.1) is 11.3 Å². The van der Waals surface area contributed by atoms with Gasteiger partial charge in [-0.2, -0.15) is 5.26 Å². The Balaban J connectivity index is 4.64. The highest BCUT2D eigenvalue weighted by Crippen LogP contribution is 2.10. The number of hydrogen-bond donors (Lipinski definition) is 0. The summed E-state index contributed by atoms with van der Waals surface area (Å²) in [6.07, 6.45) is 0.564. The van der Waals surface area contributed by atoms with E-state index in [1.54, 1.807) is 19.9 Å². The summed E-state index contributed by atoms with van der Waals surface area (Å²) >= 11 is 0. The monoisotopic (exact) mass is 175 g/mol. The molecule has 0 N–H and O–H groups in total. The highest BCUT2D eigenvalue weighted by Gasteiger charge is 2.25. The SMILES string of the molecule is CCC(C)S(=O)(=O)C(C)C#N. The lowest BCUT2D eigenvalue weighted by Crippen LogP contribution is -2.26. The highest BCUT2D eigenvalue weighted by atomic mass is 32.2. The zero-order valence-corrected chi connectivity index (χ0v) is 7.85. The van der Waals surface area contributed by atoms with E-state index in [1.165, 1.54) is 6.92 Å². The molecule has 0 saturated carbocycles. The lowest BCUT2D eigenvalue weighted by atomic mass is 10.4. The van der Waals surface area contributed by atoms with Crippen LogP contribution in [-0.2, 0) is 9.84 Å². The average molecular weight is 175 g/mol. The van der Waals surface area contributed by atoms with Crippen molar-refractivity contribution in [3.05, 3.63) is 0 Å². The van der Waals surface area contributed by atoms with Gasteiger partial charge in [0.15, 0.2) is 9.84 Å². The summed E-state index contributed by atoms with van der Waals surface area (Å²) in [6.45, 7) is 4.84. The Morgan fingerprint density at radius 1 is 1.45 bits per heavy atom. The molecule has 0 bridgehead atoms. The summed E-state index contributed by atoms with van der Waals surface area (Å²) in [5.41, 5.74) is 0. The largest absolute Gasteiger partial charge is 0.227 e. The van der Waals surface area contributed by atoms with Crippen LogP contribution in [0.2, 0.25) is 0 Å². The number of nitrogens with zero attached hydrogens (tertiary/aromatic N) is 1. The number of nitriles is 1. The second kappa shape index (κ2) is 3.72. The van der Waals surface area contributed by atoms with E-state index >= 15 is 0 Å². The van der Waals surface area contributed by atoms with Gasteiger partial charge in [0.2, 0.25) is 0 Å². The minimum Gasteiger partial charge on any atom is -0.227 e. The summed E-state index contributed by atoms with van der Waals surface area (Å²) in [5, 5.41) is 7.10. The molecule has 0 amide bonds. The molecule has 0 spiro atoms. The minimum atomic E-state index is -3.20. The van der Waals surface area contributed by atoms with Gasteiger partial charge in [-0.15, -0.1) is 0 Å². The fourth-order valence-corrected chi connectivity index (χ4v) is 1.96. The predicted octanol–water partition coefficient (Wildman–Crippen LogP) is 1.11. The average Bonchev–Trinajstić information content (AvgIpc) is 2.01. The highest BCUT2D eigenvalue weighted by molar-refractivity contribution is 7.92. The molecule has 0 saturated heterocycles. The molecule has 0 aromatic carbocycles. The zero-order chi connectivity index (χ0) is 9.07. The predicted molar refractivity (Wildman–Crippen MR) is 43.7 cm³/mol. The van der Waals surface area contributed by atoms with E-state index in [0.29, 0.717) is 6.42 Å². The molecule has 2 atom stereocenters. The smallest absolute Gasteiger partial charge is 0.168 e. The first-order valence-corrected chi connectivity index (χ1v) is 5.20. The van der Waals surface area contributed by atoms with E-state index in [2.05, 4.69) is 0 Å². The molecule has 4 heteroatoms. The molecule has 0 aliphatic carbocycles. The van der Waals surface area contributed by atoms with Crippen molar-refractivity contribution in [2.75, 3.05) is 0 Å². The Labute approximate surface area is 67.9 Å². The molecule has 64 valence electrons. The van der Waals surface area contributed by atoms with E-state index in [9.17, 15) is 8.42 Å². The maximum atomic E-state index is 11.3.